The monoisotopic (exact) mass is 435 g/mol. The summed E-state index contributed by atoms with van der Waals surface area (Å²) in [5, 5.41) is 4.88. The molecule has 1 aromatic carbocycles. The molecule has 0 aliphatic rings. The fraction of sp³-hybridized carbons (Fsp3) is 0.545. The van der Waals surface area contributed by atoms with Gasteiger partial charge >= 0.3 is 12.1 Å². The highest BCUT2D eigenvalue weighted by atomic mass is 16.6. The van der Waals surface area contributed by atoms with Crippen molar-refractivity contribution in [2.75, 3.05) is 0 Å². The number of esters is 1. The van der Waals surface area contributed by atoms with Crippen molar-refractivity contribution >= 4 is 23.9 Å². The van der Waals surface area contributed by atoms with Gasteiger partial charge in [0.25, 0.3) is 0 Å². The van der Waals surface area contributed by atoms with Gasteiger partial charge in [-0.2, -0.15) is 0 Å². The Hall–Kier alpha value is -3.10. The normalized spacial score (nSPS) is 13.5. The molecule has 0 spiro atoms. The van der Waals surface area contributed by atoms with Crippen LogP contribution < -0.4 is 16.4 Å². The molecule has 0 aromatic heterocycles. The van der Waals surface area contributed by atoms with Gasteiger partial charge in [-0.15, -0.1) is 0 Å². The Balaban J connectivity index is 2.96. The van der Waals surface area contributed by atoms with Crippen LogP contribution in [0.4, 0.5) is 4.79 Å². The van der Waals surface area contributed by atoms with Gasteiger partial charge in [-0.3, -0.25) is 14.4 Å². The Morgan fingerprint density at radius 1 is 0.871 bits per heavy atom. The number of rotatable bonds is 8. The molecule has 0 fully saturated rings. The molecule has 0 unspecified atom stereocenters. The fourth-order valence-corrected chi connectivity index (χ4v) is 2.55. The number of nitrogens with one attached hydrogen (secondary N) is 2. The van der Waals surface area contributed by atoms with Gasteiger partial charge in [0.05, 0.1) is 6.42 Å². The number of carbonyl (C=O) groups is 4. The first-order chi connectivity index (χ1) is 14.2. The van der Waals surface area contributed by atoms with Crippen LogP contribution in [-0.4, -0.2) is 47.2 Å². The Morgan fingerprint density at radius 2 is 1.42 bits per heavy atom. The van der Waals surface area contributed by atoms with E-state index in [0.29, 0.717) is 0 Å². The van der Waals surface area contributed by atoms with E-state index < -0.39 is 53.6 Å². The summed E-state index contributed by atoms with van der Waals surface area (Å²) >= 11 is 0. The van der Waals surface area contributed by atoms with E-state index in [0.717, 1.165) is 5.56 Å². The third kappa shape index (κ3) is 11.0. The molecule has 0 heterocycles. The van der Waals surface area contributed by atoms with Gasteiger partial charge in [-0.1, -0.05) is 30.3 Å². The minimum absolute atomic E-state index is 0.160. The second kappa shape index (κ2) is 10.8. The van der Waals surface area contributed by atoms with E-state index in [1.54, 1.807) is 65.8 Å². The molecule has 1 aromatic rings. The molecule has 0 aliphatic heterocycles. The van der Waals surface area contributed by atoms with Crippen LogP contribution in [0.5, 0.6) is 0 Å². The van der Waals surface area contributed by atoms with Crippen molar-refractivity contribution in [1.82, 2.24) is 10.6 Å². The standard InChI is InChI=1S/C22H33N3O6/c1-21(2,3)30-17(26)13-16(25-20(29)31-22(4,5)6)19(28)24-15(18(23)27)12-14-10-8-7-9-11-14/h7-11,15-16H,12-13H2,1-6H3,(H2,23,27)(H,24,28)(H,25,29)/t15-,16-/m0/s1. The predicted octanol–water partition coefficient (Wildman–Crippen LogP) is 1.82. The van der Waals surface area contributed by atoms with Crippen molar-refractivity contribution in [3.05, 3.63) is 35.9 Å². The molecule has 172 valence electrons. The number of alkyl carbamates (subject to hydrolysis) is 1. The summed E-state index contributed by atoms with van der Waals surface area (Å²) in [6.45, 7) is 10.0. The minimum Gasteiger partial charge on any atom is -0.460 e. The van der Waals surface area contributed by atoms with Gasteiger partial charge in [0.15, 0.2) is 0 Å². The summed E-state index contributed by atoms with van der Waals surface area (Å²) in [7, 11) is 0. The van der Waals surface area contributed by atoms with Crippen LogP contribution in [0.2, 0.25) is 0 Å². The zero-order valence-corrected chi connectivity index (χ0v) is 19.0. The molecule has 4 N–H and O–H groups in total. The van der Waals surface area contributed by atoms with E-state index in [2.05, 4.69) is 10.6 Å². The third-order valence-corrected chi connectivity index (χ3v) is 3.74. The number of ether oxygens (including phenoxy) is 2. The second-order valence-electron chi connectivity index (χ2n) is 9.14. The molecular formula is C22H33N3O6. The number of carbonyl (C=O) groups excluding carboxylic acids is 4. The zero-order valence-electron chi connectivity index (χ0n) is 19.0. The summed E-state index contributed by atoms with van der Waals surface area (Å²) < 4.78 is 10.4. The highest BCUT2D eigenvalue weighted by Crippen LogP contribution is 2.12. The highest BCUT2D eigenvalue weighted by Gasteiger charge is 2.31. The maximum absolute atomic E-state index is 12.9. The van der Waals surface area contributed by atoms with Crippen molar-refractivity contribution in [2.45, 2.75) is 77.7 Å². The van der Waals surface area contributed by atoms with Gasteiger partial charge in [-0.05, 0) is 47.1 Å². The molecule has 0 radical (unpaired) electrons. The first-order valence-electron chi connectivity index (χ1n) is 10.0. The lowest BCUT2D eigenvalue weighted by Gasteiger charge is -2.25. The third-order valence-electron chi connectivity index (χ3n) is 3.74. The van der Waals surface area contributed by atoms with E-state index in [9.17, 15) is 19.2 Å². The molecule has 0 saturated carbocycles. The lowest BCUT2D eigenvalue weighted by Crippen LogP contribution is -2.54. The second-order valence-corrected chi connectivity index (χ2v) is 9.14. The van der Waals surface area contributed by atoms with E-state index in [4.69, 9.17) is 15.2 Å². The van der Waals surface area contributed by atoms with Crippen molar-refractivity contribution < 1.29 is 28.7 Å². The lowest BCUT2D eigenvalue weighted by molar-refractivity contribution is -0.156. The largest absolute Gasteiger partial charge is 0.460 e. The van der Waals surface area contributed by atoms with Crippen molar-refractivity contribution in [3.63, 3.8) is 0 Å². The predicted molar refractivity (Wildman–Crippen MR) is 115 cm³/mol. The molecular weight excluding hydrogens is 402 g/mol. The molecule has 2 atom stereocenters. The molecule has 3 amide bonds. The Kier molecular flexibility index (Phi) is 9.02. The molecule has 0 bridgehead atoms. The van der Waals surface area contributed by atoms with Crippen LogP contribution in [-0.2, 0) is 30.3 Å². The number of benzene rings is 1. The van der Waals surface area contributed by atoms with Gasteiger partial charge in [0, 0.05) is 6.42 Å². The van der Waals surface area contributed by atoms with E-state index in [1.165, 1.54) is 0 Å². The summed E-state index contributed by atoms with van der Waals surface area (Å²) in [5.41, 5.74) is 4.66. The number of hydrogen-bond acceptors (Lipinski definition) is 6. The van der Waals surface area contributed by atoms with Crippen LogP contribution in [0.15, 0.2) is 30.3 Å². The van der Waals surface area contributed by atoms with E-state index in [1.807, 2.05) is 6.07 Å². The molecule has 9 heteroatoms. The molecule has 0 saturated heterocycles. The maximum atomic E-state index is 12.9. The molecule has 9 nitrogen and oxygen atoms in total. The molecule has 31 heavy (non-hydrogen) atoms. The quantitative estimate of drug-likeness (QED) is 0.533. The molecule has 0 aliphatic carbocycles. The Morgan fingerprint density at radius 3 is 1.90 bits per heavy atom. The van der Waals surface area contributed by atoms with Crippen LogP contribution >= 0.6 is 0 Å². The number of nitrogens with two attached hydrogens (primary N) is 1. The van der Waals surface area contributed by atoms with Crippen LogP contribution in [0, 0.1) is 0 Å². The average molecular weight is 436 g/mol. The maximum Gasteiger partial charge on any atom is 0.408 e. The summed E-state index contributed by atoms with van der Waals surface area (Å²) in [6, 6.07) is 6.65. The summed E-state index contributed by atoms with van der Waals surface area (Å²) in [6.07, 6.45) is -1.16. The average Bonchev–Trinajstić information content (AvgIpc) is 2.58. The number of primary amides is 1. The van der Waals surface area contributed by atoms with Crippen LogP contribution in [0.3, 0.4) is 0 Å². The van der Waals surface area contributed by atoms with Crippen LogP contribution in [0.1, 0.15) is 53.5 Å². The van der Waals surface area contributed by atoms with Gasteiger partial charge in [-0.25, -0.2) is 4.79 Å². The fourth-order valence-electron chi connectivity index (χ4n) is 2.55. The first-order valence-corrected chi connectivity index (χ1v) is 10.0. The number of amides is 3. The van der Waals surface area contributed by atoms with Gasteiger partial charge in [0.1, 0.15) is 23.3 Å². The minimum atomic E-state index is -1.32. The van der Waals surface area contributed by atoms with Crippen molar-refractivity contribution in [1.29, 1.82) is 0 Å². The van der Waals surface area contributed by atoms with Crippen molar-refractivity contribution in [3.8, 4) is 0 Å². The zero-order chi connectivity index (χ0) is 23.8. The van der Waals surface area contributed by atoms with Gasteiger partial charge < -0.3 is 25.8 Å². The van der Waals surface area contributed by atoms with E-state index >= 15 is 0 Å². The number of hydrogen-bond donors (Lipinski definition) is 3. The highest BCUT2D eigenvalue weighted by molar-refractivity contribution is 5.93. The topological polar surface area (TPSA) is 137 Å². The van der Waals surface area contributed by atoms with Gasteiger partial charge in [0.2, 0.25) is 11.8 Å². The SMILES string of the molecule is CC(C)(C)OC(=O)C[C@H](NC(=O)OC(C)(C)C)C(=O)N[C@@H](Cc1ccccc1)C(N)=O. The lowest BCUT2D eigenvalue weighted by atomic mass is 10.0. The first kappa shape index (κ1) is 25.9. The summed E-state index contributed by atoms with van der Waals surface area (Å²) in [4.78, 5) is 49.2. The Bertz CT molecular complexity index is 751. The summed E-state index contributed by atoms with van der Waals surface area (Å²) in [5.74, 6) is -2.19. The molecule has 1 rings (SSSR count). The smallest absolute Gasteiger partial charge is 0.408 e. The van der Waals surface area contributed by atoms with Crippen molar-refractivity contribution in [2.24, 2.45) is 5.73 Å². The van der Waals surface area contributed by atoms with Crippen LogP contribution in [0.25, 0.3) is 0 Å². The Labute approximate surface area is 183 Å². The van der Waals surface area contributed by atoms with E-state index in [-0.39, 0.29) is 6.42 Å².